The fourth-order valence-electron chi connectivity index (χ4n) is 1.75. The summed E-state index contributed by atoms with van der Waals surface area (Å²) >= 11 is 0. The summed E-state index contributed by atoms with van der Waals surface area (Å²) in [5, 5.41) is 1.01. The zero-order valence-corrected chi connectivity index (χ0v) is 11.7. The van der Waals surface area contributed by atoms with Crippen molar-refractivity contribution in [2.24, 2.45) is 0 Å². The molecule has 0 aromatic heterocycles. The molecule has 1 atom stereocenters. The smallest absolute Gasteiger partial charge is 0.369 e. The standard InChI is InChI=1S/C12H17BO3P/c1-12(2,3)17(13)11-9(14-4)6-5-8-10(11)16-7-15-8/h5-6,17H,7H2,1-4H3/q+1. The van der Waals surface area contributed by atoms with Crippen molar-refractivity contribution in [1.29, 1.82) is 0 Å². The molecule has 1 aromatic carbocycles. The topological polar surface area (TPSA) is 27.7 Å². The predicted molar refractivity (Wildman–Crippen MR) is 72.6 cm³/mol. The zero-order valence-electron chi connectivity index (χ0n) is 10.7. The first kappa shape index (κ1) is 12.6. The molecule has 3 nitrogen and oxygen atoms in total. The van der Waals surface area contributed by atoms with Gasteiger partial charge in [-0.3, -0.25) is 0 Å². The molecular weight excluding hydrogens is 234 g/mol. The highest BCUT2D eigenvalue weighted by Crippen LogP contribution is 2.51. The SMILES string of the molecule is [B][PH+](c1c(OC)ccc2c1OCO2)C(C)(C)C. The molecule has 90 valence electrons. The summed E-state index contributed by atoms with van der Waals surface area (Å²) in [5.74, 6) is 2.31. The third-order valence-corrected chi connectivity index (χ3v) is 5.43. The Morgan fingerprint density at radius 3 is 2.59 bits per heavy atom. The zero-order chi connectivity index (χ0) is 12.6. The minimum absolute atomic E-state index is 0.0268. The first-order valence-corrected chi connectivity index (χ1v) is 7.12. The molecule has 1 aliphatic heterocycles. The maximum Gasteiger partial charge on any atom is 0.369 e. The number of benzene rings is 1. The lowest BCUT2D eigenvalue weighted by atomic mass is 10.2. The van der Waals surface area contributed by atoms with Crippen LogP contribution in [0.25, 0.3) is 0 Å². The van der Waals surface area contributed by atoms with Crippen molar-refractivity contribution in [3.63, 3.8) is 0 Å². The molecule has 2 rings (SSSR count). The molecule has 0 saturated heterocycles. The maximum atomic E-state index is 6.41. The van der Waals surface area contributed by atoms with Crippen molar-refractivity contribution in [2.75, 3.05) is 13.9 Å². The van der Waals surface area contributed by atoms with Gasteiger partial charge in [0.15, 0.2) is 16.8 Å². The maximum absolute atomic E-state index is 6.41. The molecular formula is C12H17BO3P+. The number of ether oxygens (including phenoxy) is 3. The molecule has 0 bridgehead atoms. The van der Waals surface area contributed by atoms with Gasteiger partial charge >= 0.3 is 7.57 Å². The van der Waals surface area contributed by atoms with E-state index in [0.717, 1.165) is 22.6 Å². The monoisotopic (exact) mass is 251 g/mol. The van der Waals surface area contributed by atoms with Crippen molar-refractivity contribution in [3.8, 4) is 17.2 Å². The van der Waals surface area contributed by atoms with E-state index in [4.69, 9.17) is 21.8 Å². The Bertz CT molecular complexity index is 428. The van der Waals surface area contributed by atoms with Gasteiger partial charge in [0.25, 0.3) is 0 Å². The van der Waals surface area contributed by atoms with E-state index in [2.05, 4.69) is 20.8 Å². The molecule has 17 heavy (non-hydrogen) atoms. The summed E-state index contributed by atoms with van der Waals surface area (Å²) in [5.41, 5.74) is 0. The molecule has 0 aliphatic carbocycles. The number of methoxy groups -OCH3 is 1. The molecule has 0 N–H and O–H groups in total. The minimum atomic E-state index is -1.28. The van der Waals surface area contributed by atoms with Gasteiger partial charge < -0.3 is 14.2 Å². The van der Waals surface area contributed by atoms with Crippen molar-refractivity contribution in [2.45, 2.75) is 25.9 Å². The van der Waals surface area contributed by atoms with Gasteiger partial charge in [-0.15, -0.1) is 0 Å². The van der Waals surface area contributed by atoms with E-state index >= 15 is 0 Å². The molecule has 1 aromatic rings. The van der Waals surface area contributed by atoms with Crippen LogP contribution in [-0.4, -0.2) is 26.6 Å². The van der Waals surface area contributed by atoms with Gasteiger partial charge in [-0.25, -0.2) is 0 Å². The fraction of sp³-hybridized carbons (Fsp3) is 0.500. The Morgan fingerprint density at radius 1 is 1.29 bits per heavy atom. The van der Waals surface area contributed by atoms with Crippen LogP contribution >= 0.6 is 7.80 Å². The minimum Gasteiger partial charge on any atom is -0.493 e. The van der Waals surface area contributed by atoms with E-state index < -0.39 is 7.80 Å². The Morgan fingerprint density at radius 2 is 2.00 bits per heavy atom. The number of rotatable bonds is 2. The normalized spacial score (nSPS) is 15.8. The van der Waals surface area contributed by atoms with Gasteiger partial charge in [0.2, 0.25) is 12.5 Å². The molecule has 0 spiro atoms. The molecule has 0 fully saturated rings. The van der Waals surface area contributed by atoms with Crippen molar-refractivity contribution >= 4 is 20.7 Å². The lowest BCUT2D eigenvalue weighted by Gasteiger charge is -2.23. The molecule has 1 heterocycles. The van der Waals surface area contributed by atoms with Gasteiger partial charge in [0.05, 0.1) is 12.3 Å². The van der Waals surface area contributed by atoms with Crippen LogP contribution in [-0.2, 0) is 0 Å². The highest BCUT2D eigenvalue weighted by molar-refractivity contribution is 7.89. The van der Waals surface area contributed by atoms with E-state index in [1.807, 2.05) is 12.1 Å². The summed E-state index contributed by atoms with van der Waals surface area (Å²) < 4.78 is 16.3. The summed E-state index contributed by atoms with van der Waals surface area (Å²) in [4.78, 5) is 0. The van der Waals surface area contributed by atoms with Gasteiger partial charge in [-0.1, -0.05) is 0 Å². The lowest BCUT2D eigenvalue weighted by Crippen LogP contribution is -2.21. The predicted octanol–water partition coefficient (Wildman–Crippen LogP) is 2.15. The summed E-state index contributed by atoms with van der Waals surface area (Å²) in [6.07, 6.45) is 0. The first-order chi connectivity index (χ1) is 7.95. The van der Waals surface area contributed by atoms with Gasteiger partial charge in [0.1, 0.15) is 0 Å². The van der Waals surface area contributed by atoms with Crippen LogP contribution in [0, 0.1) is 0 Å². The molecule has 2 radical (unpaired) electrons. The number of fused-ring (bicyclic) bond motifs is 1. The highest BCUT2D eigenvalue weighted by Gasteiger charge is 2.37. The Kier molecular flexibility index (Phi) is 3.26. The van der Waals surface area contributed by atoms with Gasteiger partial charge in [-0.05, 0) is 40.7 Å². The van der Waals surface area contributed by atoms with E-state index in [-0.39, 0.29) is 11.9 Å². The second-order valence-corrected chi connectivity index (χ2v) is 7.87. The third-order valence-electron chi connectivity index (χ3n) is 2.80. The summed E-state index contributed by atoms with van der Waals surface area (Å²) in [7, 11) is 6.78. The van der Waals surface area contributed by atoms with Crippen LogP contribution in [0.15, 0.2) is 12.1 Å². The van der Waals surface area contributed by atoms with Crippen LogP contribution in [0.4, 0.5) is 0 Å². The van der Waals surface area contributed by atoms with Crippen molar-refractivity contribution in [3.05, 3.63) is 12.1 Å². The second-order valence-electron chi connectivity index (χ2n) is 5.04. The van der Waals surface area contributed by atoms with Crippen LogP contribution in [0.3, 0.4) is 0 Å². The Balaban J connectivity index is 2.54. The molecule has 0 amide bonds. The van der Waals surface area contributed by atoms with Crippen LogP contribution < -0.4 is 19.5 Å². The average molecular weight is 251 g/mol. The third kappa shape index (κ3) is 2.23. The van der Waals surface area contributed by atoms with E-state index in [9.17, 15) is 0 Å². The van der Waals surface area contributed by atoms with E-state index in [0.29, 0.717) is 0 Å². The molecule has 1 unspecified atom stereocenters. The first-order valence-electron chi connectivity index (χ1n) is 5.55. The quantitative estimate of drug-likeness (QED) is 0.595. The van der Waals surface area contributed by atoms with Crippen LogP contribution in [0.2, 0.25) is 0 Å². The molecule has 1 aliphatic rings. The van der Waals surface area contributed by atoms with E-state index in [1.54, 1.807) is 7.11 Å². The highest BCUT2D eigenvalue weighted by atomic mass is 31.1. The Labute approximate surface area is 105 Å². The van der Waals surface area contributed by atoms with Gasteiger partial charge in [0, 0.05) is 0 Å². The van der Waals surface area contributed by atoms with Crippen molar-refractivity contribution < 1.29 is 14.2 Å². The van der Waals surface area contributed by atoms with Crippen LogP contribution in [0.5, 0.6) is 17.2 Å². The summed E-state index contributed by atoms with van der Waals surface area (Å²) in [6, 6.07) is 3.76. The number of hydrogen-bond acceptors (Lipinski definition) is 3. The number of hydrogen-bond donors (Lipinski definition) is 0. The largest absolute Gasteiger partial charge is 0.493 e. The van der Waals surface area contributed by atoms with Crippen molar-refractivity contribution in [1.82, 2.24) is 0 Å². The second kappa shape index (κ2) is 4.42. The lowest BCUT2D eigenvalue weighted by molar-refractivity contribution is 0.174. The molecule has 5 heteroatoms. The van der Waals surface area contributed by atoms with Crippen LogP contribution in [0.1, 0.15) is 20.8 Å². The van der Waals surface area contributed by atoms with E-state index in [1.165, 1.54) is 0 Å². The fourth-order valence-corrected chi connectivity index (χ4v) is 3.40. The summed E-state index contributed by atoms with van der Waals surface area (Å²) in [6.45, 7) is 6.66. The molecule has 0 saturated carbocycles. The van der Waals surface area contributed by atoms with Gasteiger partial charge in [-0.2, -0.15) is 0 Å². The Hall–Kier alpha value is -0.885. The average Bonchev–Trinajstić information content (AvgIpc) is 2.73.